The van der Waals surface area contributed by atoms with E-state index in [4.69, 9.17) is 0 Å². The molecule has 0 radical (unpaired) electrons. The zero-order valence-corrected chi connectivity index (χ0v) is 13.8. The molecule has 0 heterocycles. The molecular weight excluding hydrogens is 321 g/mol. The first-order valence-corrected chi connectivity index (χ1v) is 7.91. The van der Waals surface area contributed by atoms with Crippen LogP contribution >= 0.6 is 11.9 Å². The van der Waals surface area contributed by atoms with E-state index in [1.54, 1.807) is 26.0 Å². The van der Waals surface area contributed by atoms with Crippen LogP contribution in [0.2, 0.25) is 0 Å². The third-order valence-corrected chi connectivity index (χ3v) is 3.66. The Kier molecular flexibility index (Phi) is 8.28. The van der Waals surface area contributed by atoms with Crippen LogP contribution in [0.3, 0.4) is 0 Å². The summed E-state index contributed by atoms with van der Waals surface area (Å²) in [6.07, 6.45) is 0.581. The standard InChI is InChI=1S/C15H20FN3O3S/c1-10(2)14(15(22)17-7-8-20)19-13(21)9-18-23-12-5-3-11(16)4-6-12/h3-6,8,10,14,18H,7,9H2,1-2H3,(H,17,22)(H,19,21). The molecule has 1 rings (SSSR count). The fourth-order valence-corrected chi connectivity index (χ4v) is 2.34. The highest BCUT2D eigenvalue weighted by Gasteiger charge is 2.23. The van der Waals surface area contributed by atoms with Crippen molar-refractivity contribution in [1.29, 1.82) is 0 Å². The van der Waals surface area contributed by atoms with E-state index >= 15 is 0 Å². The van der Waals surface area contributed by atoms with Crippen molar-refractivity contribution in [3.63, 3.8) is 0 Å². The molecule has 0 aliphatic rings. The highest BCUT2D eigenvalue weighted by Crippen LogP contribution is 2.14. The van der Waals surface area contributed by atoms with E-state index in [-0.39, 0.29) is 30.7 Å². The number of hydrogen-bond donors (Lipinski definition) is 3. The maximum absolute atomic E-state index is 12.8. The third kappa shape index (κ3) is 7.25. The summed E-state index contributed by atoms with van der Waals surface area (Å²) in [5, 5.41) is 5.04. The summed E-state index contributed by atoms with van der Waals surface area (Å²) in [6.45, 7) is 3.50. The summed E-state index contributed by atoms with van der Waals surface area (Å²) in [5.74, 6) is -1.19. The number of hydrogen-bond acceptors (Lipinski definition) is 5. The quantitative estimate of drug-likeness (QED) is 0.458. The van der Waals surface area contributed by atoms with Crippen LogP contribution in [-0.4, -0.2) is 37.2 Å². The van der Waals surface area contributed by atoms with E-state index in [1.807, 2.05) is 0 Å². The van der Waals surface area contributed by atoms with Crippen molar-refractivity contribution < 1.29 is 18.8 Å². The molecule has 1 atom stereocenters. The van der Waals surface area contributed by atoms with E-state index in [2.05, 4.69) is 15.4 Å². The molecule has 2 amide bonds. The van der Waals surface area contributed by atoms with Crippen LogP contribution in [0, 0.1) is 11.7 Å². The van der Waals surface area contributed by atoms with Crippen molar-refractivity contribution in [3.8, 4) is 0 Å². The number of nitrogens with one attached hydrogen (secondary N) is 3. The molecule has 1 aromatic rings. The lowest BCUT2D eigenvalue weighted by Crippen LogP contribution is -2.51. The maximum Gasteiger partial charge on any atom is 0.243 e. The Morgan fingerprint density at radius 1 is 1.26 bits per heavy atom. The molecule has 6 nitrogen and oxygen atoms in total. The molecule has 8 heteroatoms. The molecule has 3 N–H and O–H groups in total. The maximum atomic E-state index is 12.8. The lowest BCUT2D eigenvalue weighted by atomic mass is 10.0. The van der Waals surface area contributed by atoms with Crippen LogP contribution in [0.4, 0.5) is 4.39 Å². The summed E-state index contributed by atoms with van der Waals surface area (Å²) in [4.78, 5) is 34.8. The van der Waals surface area contributed by atoms with Gasteiger partial charge in [0.15, 0.2) is 0 Å². The van der Waals surface area contributed by atoms with Crippen molar-refractivity contribution >= 4 is 30.0 Å². The van der Waals surface area contributed by atoms with Gasteiger partial charge in [-0.1, -0.05) is 13.8 Å². The number of carbonyl (C=O) groups excluding carboxylic acids is 3. The number of carbonyl (C=O) groups is 3. The molecule has 0 spiro atoms. The fourth-order valence-electron chi connectivity index (χ4n) is 1.70. The minimum Gasteiger partial charge on any atom is -0.348 e. The SMILES string of the molecule is CC(C)C(NC(=O)CNSc1ccc(F)cc1)C(=O)NCC=O. The minimum atomic E-state index is -0.708. The second kappa shape index (κ2) is 9.96. The summed E-state index contributed by atoms with van der Waals surface area (Å²) in [6, 6.07) is 5.13. The molecule has 0 saturated heterocycles. The summed E-state index contributed by atoms with van der Waals surface area (Å²) < 4.78 is 15.6. The average Bonchev–Trinajstić information content (AvgIpc) is 2.52. The van der Waals surface area contributed by atoms with E-state index in [0.29, 0.717) is 6.29 Å². The topological polar surface area (TPSA) is 87.3 Å². The fraction of sp³-hybridized carbons (Fsp3) is 0.400. The van der Waals surface area contributed by atoms with E-state index < -0.39 is 11.9 Å². The van der Waals surface area contributed by atoms with E-state index in [1.165, 1.54) is 24.1 Å². The molecule has 0 saturated carbocycles. The van der Waals surface area contributed by atoms with Gasteiger partial charge in [0.25, 0.3) is 0 Å². The number of amides is 2. The molecule has 1 unspecified atom stereocenters. The van der Waals surface area contributed by atoms with Crippen molar-refractivity contribution in [2.75, 3.05) is 13.1 Å². The summed E-state index contributed by atoms with van der Waals surface area (Å²) >= 11 is 1.19. The first-order chi connectivity index (χ1) is 10.9. The van der Waals surface area contributed by atoms with Gasteiger partial charge >= 0.3 is 0 Å². The molecule has 1 aromatic carbocycles. The monoisotopic (exact) mass is 341 g/mol. The van der Waals surface area contributed by atoms with Crippen LogP contribution in [0.15, 0.2) is 29.2 Å². The van der Waals surface area contributed by atoms with Gasteiger partial charge < -0.3 is 15.4 Å². The zero-order chi connectivity index (χ0) is 17.2. The Morgan fingerprint density at radius 2 is 1.91 bits per heavy atom. The van der Waals surface area contributed by atoms with Gasteiger partial charge in [-0.3, -0.25) is 14.3 Å². The Bertz CT molecular complexity index is 537. The lowest BCUT2D eigenvalue weighted by molar-refractivity contribution is -0.129. The van der Waals surface area contributed by atoms with Gasteiger partial charge in [-0.15, -0.1) is 0 Å². The highest BCUT2D eigenvalue weighted by molar-refractivity contribution is 7.97. The molecule has 0 aromatic heterocycles. The van der Waals surface area contributed by atoms with Crippen molar-refractivity contribution in [3.05, 3.63) is 30.1 Å². The van der Waals surface area contributed by atoms with Gasteiger partial charge in [0.1, 0.15) is 18.1 Å². The zero-order valence-electron chi connectivity index (χ0n) is 13.0. The normalized spacial score (nSPS) is 11.8. The van der Waals surface area contributed by atoms with Crippen LogP contribution in [0.5, 0.6) is 0 Å². The predicted octanol–water partition coefficient (Wildman–Crippen LogP) is 0.878. The molecule has 23 heavy (non-hydrogen) atoms. The Balaban J connectivity index is 2.41. The average molecular weight is 341 g/mol. The van der Waals surface area contributed by atoms with Crippen molar-refractivity contribution in [2.24, 2.45) is 5.92 Å². The summed E-state index contributed by atoms with van der Waals surface area (Å²) in [5.41, 5.74) is 0. The van der Waals surface area contributed by atoms with Crippen LogP contribution < -0.4 is 15.4 Å². The molecule has 0 aliphatic heterocycles. The smallest absolute Gasteiger partial charge is 0.243 e. The van der Waals surface area contributed by atoms with E-state index in [0.717, 1.165) is 4.90 Å². The molecule has 0 aliphatic carbocycles. The third-order valence-electron chi connectivity index (χ3n) is 2.86. The Hall–Kier alpha value is -1.93. The molecule has 0 fully saturated rings. The lowest BCUT2D eigenvalue weighted by Gasteiger charge is -2.21. The van der Waals surface area contributed by atoms with Crippen molar-refractivity contribution in [2.45, 2.75) is 24.8 Å². The first kappa shape index (κ1) is 19.1. The van der Waals surface area contributed by atoms with Gasteiger partial charge in [0, 0.05) is 4.90 Å². The van der Waals surface area contributed by atoms with Crippen LogP contribution in [0.25, 0.3) is 0 Å². The largest absolute Gasteiger partial charge is 0.348 e. The number of aldehydes is 1. The highest BCUT2D eigenvalue weighted by atomic mass is 32.2. The Labute approximate surface area is 138 Å². The second-order valence-electron chi connectivity index (χ2n) is 5.08. The second-order valence-corrected chi connectivity index (χ2v) is 6.04. The summed E-state index contributed by atoms with van der Waals surface area (Å²) in [7, 11) is 0. The Morgan fingerprint density at radius 3 is 2.48 bits per heavy atom. The van der Waals surface area contributed by atoms with Gasteiger partial charge in [0.05, 0.1) is 13.1 Å². The van der Waals surface area contributed by atoms with Crippen LogP contribution in [-0.2, 0) is 14.4 Å². The van der Waals surface area contributed by atoms with Gasteiger partial charge in [-0.2, -0.15) is 0 Å². The number of halogens is 1. The molecule has 0 bridgehead atoms. The molecule has 126 valence electrons. The van der Waals surface area contributed by atoms with Gasteiger partial charge in [-0.05, 0) is 42.1 Å². The van der Waals surface area contributed by atoms with Gasteiger partial charge in [-0.25, -0.2) is 4.39 Å². The number of rotatable bonds is 9. The first-order valence-electron chi connectivity index (χ1n) is 7.10. The predicted molar refractivity (Wildman–Crippen MR) is 86.1 cm³/mol. The van der Waals surface area contributed by atoms with Crippen LogP contribution in [0.1, 0.15) is 13.8 Å². The molecular formula is C15H20FN3O3S. The van der Waals surface area contributed by atoms with Crippen molar-refractivity contribution in [1.82, 2.24) is 15.4 Å². The van der Waals surface area contributed by atoms with E-state index in [9.17, 15) is 18.8 Å². The minimum absolute atomic E-state index is 0.00771. The number of benzene rings is 1. The van der Waals surface area contributed by atoms with Gasteiger partial charge in [0.2, 0.25) is 11.8 Å².